The van der Waals surface area contributed by atoms with Crippen LogP contribution in [0.2, 0.25) is 0 Å². The number of allylic oxidation sites excluding steroid dienone is 1. The smallest absolute Gasteiger partial charge is 0.334 e. The number of hydrogen-bond acceptors (Lipinski definition) is 7. The van der Waals surface area contributed by atoms with Gasteiger partial charge in [-0.05, 0) is 93.6 Å². The number of rotatable bonds is 12. The molecule has 4 aliphatic carbocycles. The second-order valence-corrected chi connectivity index (χ2v) is 15.8. The molecule has 10 atom stereocenters. The van der Waals surface area contributed by atoms with Gasteiger partial charge in [0.1, 0.15) is 5.60 Å². The summed E-state index contributed by atoms with van der Waals surface area (Å²) in [5.74, 6) is 0.774. The highest BCUT2D eigenvalue weighted by molar-refractivity contribution is 5.92. The van der Waals surface area contributed by atoms with Crippen molar-refractivity contribution in [3.63, 3.8) is 0 Å². The van der Waals surface area contributed by atoms with Gasteiger partial charge in [-0.2, -0.15) is 0 Å². The van der Waals surface area contributed by atoms with Crippen LogP contribution in [0.15, 0.2) is 28.4 Å². The molecule has 6 aliphatic rings. The zero-order chi connectivity index (χ0) is 33.4. The molecule has 0 radical (unpaired) electrons. The van der Waals surface area contributed by atoms with Crippen LogP contribution >= 0.6 is 0 Å². The van der Waals surface area contributed by atoms with Crippen LogP contribution in [0.1, 0.15) is 90.9 Å². The third-order valence-corrected chi connectivity index (χ3v) is 13.7. The molecule has 2 bridgehead atoms. The van der Waals surface area contributed by atoms with Crippen LogP contribution in [0.4, 0.5) is 0 Å². The van der Waals surface area contributed by atoms with Crippen molar-refractivity contribution in [2.24, 2.45) is 51.1 Å². The second kappa shape index (κ2) is 14.1. The molecule has 4 fully saturated rings. The Morgan fingerprint density at radius 3 is 2.81 bits per heavy atom. The van der Waals surface area contributed by atoms with Crippen LogP contribution in [0.3, 0.4) is 0 Å². The zero-order valence-electron chi connectivity index (χ0n) is 29.1. The summed E-state index contributed by atoms with van der Waals surface area (Å²) >= 11 is 0. The average Bonchev–Trinajstić information content (AvgIpc) is 3.41. The number of guanidine groups is 1. The van der Waals surface area contributed by atoms with Crippen molar-refractivity contribution in [2.45, 2.75) is 109 Å². The number of nitrogens with zero attached hydrogens (tertiary/aromatic N) is 2. The van der Waals surface area contributed by atoms with Crippen molar-refractivity contribution in [2.75, 3.05) is 46.4 Å². The summed E-state index contributed by atoms with van der Waals surface area (Å²) in [4.78, 5) is 19.7. The van der Waals surface area contributed by atoms with Crippen LogP contribution in [0.5, 0.6) is 0 Å². The van der Waals surface area contributed by atoms with E-state index in [0.29, 0.717) is 56.3 Å². The Labute approximate surface area is 281 Å². The maximum Gasteiger partial charge on any atom is 0.334 e. The van der Waals surface area contributed by atoms with Crippen molar-refractivity contribution < 1.29 is 24.9 Å². The number of aliphatic imine (C=N–C) groups is 1. The summed E-state index contributed by atoms with van der Waals surface area (Å²) in [6, 6.07) is 0.435. The minimum absolute atomic E-state index is 0.0232. The lowest BCUT2D eigenvalue weighted by Crippen LogP contribution is -2.62. The first-order valence-corrected chi connectivity index (χ1v) is 18.7. The second-order valence-electron chi connectivity index (χ2n) is 15.8. The number of carboxylic acid groups (broad SMARTS) is 1. The third kappa shape index (κ3) is 5.77. The fourth-order valence-corrected chi connectivity index (χ4v) is 11.8. The van der Waals surface area contributed by atoms with Crippen LogP contribution < -0.4 is 16.4 Å². The number of nitrogens with two attached hydrogens (primary N) is 1. The molecular formula is C37H61N5O5. The van der Waals surface area contributed by atoms with Gasteiger partial charge in [0.15, 0.2) is 5.96 Å². The van der Waals surface area contributed by atoms with Gasteiger partial charge in [0.05, 0.1) is 24.9 Å². The quantitative estimate of drug-likeness (QED) is 0.105. The first kappa shape index (κ1) is 34.9. The standard InChI is InChI=1S/C37H61N5O5/c1-4-5-6-8-25-11-13-30-28(9-7-15-41-30)32(25)47-23-35(46)21-36-24(2)10-12-26(19-29(36)31(35)33(44)45)37(36)22-42(34(38)39-3)17-14-27(37)20-40-16-18-43/h14,17,24-28,30,32,40-41,43,46H,4-13,15-16,18-23H2,1-3H3,(H2,38,39)(H,44,45)/t24-,25-,26-,27-,28-,30-,32-,35+,36+,37-/m1/s1. The number of hydrogen-bond donors (Lipinski definition) is 6. The molecule has 47 heavy (non-hydrogen) atoms. The summed E-state index contributed by atoms with van der Waals surface area (Å²) in [5, 5.41) is 40.5. The van der Waals surface area contributed by atoms with Gasteiger partial charge in [-0.1, -0.05) is 39.2 Å². The molecular weight excluding hydrogens is 594 g/mol. The molecule has 6 rings (SSSR count). The molecule has 2 aliphatic heterocycles. The van der Waals surface area contributed by atoms with Gasteiger partial charge in [-0.3, -0.25) is 4.99 Å². The Morgan fingerprint density at radius 1 is 1.23 bits per heavy atom. The normalized spacial score (nSPS) is 41.4. The number of aliphatic hydroxyl groups excluding tert-OH is 1. The van der Waals surface area contributed by atoms with E-state index in [1.807, 2.05) is 11.1 Å². The number of nitrogens with one attached hydrogen (secondary N) is 2. The van der Waals surface area contributed by atoms with Crippen molar-refractivity contribution in [3.05, 3.63) is 23.4 Å². The zero-order valence-corrected chi connectivity index (χ0v) is 29.1. The summed E-state index contributed by atoms with van der Waals surface area (Å²) in [5.41, 5.74) is 5.14. The fourth-order valence-electron chi connectivity index (χ4n) is 11.8. The molecule has 2 spiro atoms. The predicted molar refractivity (Wildman–Crippen MR) is 184 cm³/mol. The SMILES string of the molecule is CCCCC[C@@H]1CC[C@H]2NCCC[C@H]2[C@@H]1OC[C@@]1(O)C[C@@]23C(=C1C(=O)O)C[C@@H](CC[C@H]2C)[C@@]31CN(C(N)=NC)C=C[C@@H]1CNCCO. The van der Waals surface area contributed by atoms with Crippen LogP contribution in [0, 0.1) is 40.4 Å². The number of aliphatic hydroxyl groups is 2. The van der Waals surface area contributed by atoms with Crippen molar-refractivity contribution in [3.8, 4) is 0 Å². The number of ether oxygens (including phenoxy) is 1. The van der Waals surface area contributed by atoms with E-state index in [1.165, 1.54) is 25.7 Å². The minimum Gasteiger partial charge on any atom is -0.478 e. The summed E-state index contributed by atoms with van der Waals surface area (Å²) in [7, 11) is 1.70. The molecule has 0 amide bonds. The molecule has 2 heterocycles. The number of unbranched alkanes of at least 4 members (excludes halogenated alkanes) is 2. The molecule has 264 valence electrons. The first-order valence-electron chi connectivity index (χ1n) is 18.7. The number of carboxylic acids is 1. The lowest BCUT2D eigenvalue weighted by Gasteiger charge is -2.61. The van der Waals surface area contributed by atoms with E-state index in [0.717, 1.165) is 50.6 Å². The van der Waals surface area contributed by atoms with Crippen LogP contribution in [0.25, 0.3) is 0 Å². The summed E-state index contributed by atoms with van der Waals surface area (Å²) in [6.07, 6.45) is 16.5. The molecule has 10 nitrogen and oxygen atoms in total. The number of aliphatic carboxylic acids is 1. The largest absolute Gasteiger partial charge is 0.478 e. The van der Waals surface area contributed by atoms with Gasteiger partial charge in [0, 0.05) is 55.7 Å². The van der Waals surface area contributed by atoms with E-state index in [4.69, 9.17) is 10.5 Å². The molecule has 0 aromatic heterocycles. The van der Waals surface area contributed by atoms with Crippen LogP contribution in [-0.4, -0.2) is 96.3 Å². The van der Waals surface area contributed by atoms with E-state index >= 15 is 0 Å². The Bertz CT molecular complexity index is 1240. The monoisotopic (exact) mass is 655 g/mol. The highest BCUT2D eigenvalue weighted by atomic mass is 16.5. The van der Waals surface area contributed by atoms with Gasteiger partial charge in [0.2, 0.25) is 0 Å². The number of piperidine rings is 1. The van der Waals surface area contributed by atoms with Gasteiger partial charge >= 0.3 is 5.97 Å². The molecule has 10 heteroatoms. The van der Waals surface area contributed by atoms with E-state index in [2.05, 4.69) is 35.5 Å². The highest BCUT2D eigenvalue weighted by Crippen LogP contribution is 2.77. The topological polar surface area (TPSA) is 153 Å². The number of fused-ring (bicyclic) bond motifs is 1. The molecule has 1 saturated heterocycles. The Kier molecular flexibility index (Phi) is 10.5. The molecule has 0 aromatic carbocycles. The molecule has 7 N–H and O–H groups in total. The molecule has 0 unspecified atom stereocenters. The highest BCUT2D eigenvalue weighted by Gasteiger charge is 2.75. The summed E-state index contributed by atoms with van der Waals surface area (Å²) < 4.78 is 6.97. The van der Waals surface area contributed by atoms with Crippen molar-refractivity contribution in [1.82, 2.24) is 15.5 Å². The maximum absolute atomic E-state index is 13.4. The lowest BCUT2D eigenvalue weighted by atomic mass is 9.46. The fraction of sp³-hybridized carbons (Fsp3) is 0.838. The maximum atomic E-state index is 13.4. The number of carbonyl (C=O) groups is 1. The van der Waals surface area contributed by atoms with Crippen molar-refractivity contribution >= 4 is 11.9 Å². The molecule has 3 saturated carbocycles. The Morgan fingerprint density at radius 2 is 2.06 bits per heavy atom. The van der Waals surface area contributed by atoms with Gasteiger partial charge < -0.3 is 41.3 Å². The first-order chi connectivity index (χ1) is 22.7. The van der Waals surface area contributed by atoms with Gasteiger partial charge in [-0.25, -0.2) is 4.79 Å². The van der Waals surface area contributed by atoms with Gasteiger partial charge in [-0.15, -0.1) is 0 Å². The minimum atomic E-state index is -1.58. The van der Waals surface area contributed by atoms with E-state index in [1.54, 1.807) is 7.05 Å². The van der Waals surface area contributed by atoms with Crippen molar-refractivity contribution in [1.29, 1.82) is 0 Å². The van der Waals surface area contributed by atoms with Crippen LogP contribution in [-0.2, 0) is 9.53 Å². The average molecular weight is 656 g/mol. The molecule has 0 aromatic rings. The van der Waals surface area contributed by atoms with Gasteiger partial charge in [0.25, 0.3) is 0 Å². The summed E-state index contributed by atoms with van der Waals surface area (Å²) in [6.45, 7) is 7.43. The van der Waals surface area contributed by atoms with E-state index in [9.17, 15) is 20.1 Å². The third-order valence-electron chi connectivity index (χ3n) is 13.7. The predicted octanol–water partition coefficient (Wildman–Crippen LogP) is 3.64. The van der Waals surface area contributed by atoms with E-state index in [-0.39, 0.29) is 48.1 Å². The lowest BCUT2D eigenvalue weighted by molar-refractivity contribution is -0.151. The van der Waals surface area contributed by atoms with E-state index < -0.39 is 17.0 Å². The Hall–Kier alpha value is -1.98. The Balaban J connectivity index is 1.37.